The molecule has 1 fully saturated rings. The number of carbonyl (C=O) groups excluding carboxylic acids is 2. The Bertz CT molecular complexity index is 581. The Kier molecular flexibility index (Phi) is 13.4. The van der Waals surface area contributed by atoms with Crippen LogP contribution in [0.1, 0.15) is 74.1 Å². The number of aliphatic imine (C=N–C) groups is 1. The minimum Gasteiger partial charge on any atom is -0.466 e. The number of ether oxygens (including phenoxy) is 2. The van der Waals surface area contributed by atoms with Crippen molar-refractivity contribution in [1.82, 2.24) is 15.5 Å². The maximum Gasteiger partial charge on any atom is 0.408 e. The number of rotatable bonds is 8. The minimum absolute atomic E-state index is 0. The lowest BCUT2D eigenvalue weighted by Crippen LogP contribution is -2.53. The first-order valence-electron chi connectivity index (χ1n) is 11.3. The van der Waals surface area contributed by atoms with E-state index in [0.717, 1.165) is 51.3 Å². The molecule has 8 nitrogen and oxygen atoms in total. The fourth-order valence-corrected chi connectivity index (χ4v) is 3.45. The molecule has 0 atom stereocenters. The average molecular weight is 555 g/mol. The summed E-state index contributed by atoms with van der Waals surface area (Å²) in [4.78, 5) is 31.4. The van der Waals surface area contributed by atoms with Crippen molar-refractivity contribution in [2.45, 2.75) is 85.3 Å². The molecule has 0 radical (unpaired) electrons. The van der Waals surface area contributed by atoms with Gasteiger partial charge in [-0.15, -0.1) is 24.0 Å². The van der Waals surface area contributed by atoms with E-state index >= 15 is 0 Å². The first-order valence-corrected chi connectivity index (χ1v) is 11.3. The van der Waals surface area contributed by atoms with Crippen LogP contribution in [0.25, 0.3) is 0 Å². The Morgan fingerprint density at radius 1 is 1.06 bits per heavy atom. The van der Waals surface area contributed by atoms with Crippen LogP contribution in [0.3, 0.4) is 0 Å². The summed E-state index contributed by atoms with van der Waals surface area (Å²) in [5.74, 6) is 0.678. The van der Waals surface area contributed by atoms with Crippen molar-refractivity contribution in [1.29, 1.82) is 0 Å². The van der Waals surface area contributed by atoms with Crippen LogP contribution in [0, 0.1) is 5.92 Å². The van der Waals surface area contributed by atoms with Crippen molar-refractivity contribution in [3.8, 4) is 0 Å². The highest BCUT2D eigenvalue weighted by atomic mass is 127. The van der Waals surface area contributed by atoms with Crippen LogP contribution in [-0.4, -0.2) is 66.8 Å². The predicted octanol–water partition coefficient (Wildman–Crippen LogP) is 3.93. The van der Waals surface area contributed by atoms with Crippen LogP contribution >= 0.6 is 24.0 Å². The second kappa shape index (κ2) is 14.0. The number of alkyl carbamates (subject to hydrolysis) is 1. The summed E-state index contributed by atoms with van der Waals surface area (Å²) < 4.78 is 10.6. The molecule has 0 saturated carbocycles. The second-order valence-corrected chi connectivity index (χ2v) is 8.80. The van der Waals surface area contributed by atoms with Crippen LogP contribution in [-0.2, 0) is 14.3 Å². The van der Waals surface area contributed by atoms with Crippen molar-refractivity contribution in [2.24, 2.45) is 10.9 Å². The number of halogens is 1. The predicted molar refractivity (Wildman–Crippen MR) is 135 cm³/mol. The summed E-state index contributed by atoms with van der Waals surface area (Å²) in [6.07, 6.45) is 2.59. The fourth-order valence-electron chi connectivity index (χ4n) is 3.45. The van der Waals surface area contributed by atoms with Gasteiger partial charge in [-0.25, -0.2) is 4.79 Å². The second-order valence-electron chi connectivity index (χ2n) is 8.80. The molecule has 182 valence electrons. The smallest absolute Gasteiger partial charge is 0.408 e. The number of amides is 1. The third-order valence-corrected chi connectivity index (χ3v) is 5.40. The molecule has 1 rings (SSSR count). The van der Waals surface area contributed by atoms with Gasteiger partial charge in [-0.05, 0) is 60.3 Å². The third kappa shape index (κ3) is 10.3. The molecule has 0 aliphatic carbocycles. The van der Waals surface area contributed by atoms with E-state index in [4.69, 9.17) is 14.5 Å². The quantitative estimate of drug-likeness (QED) is 0.205. The lowest BCUT2D eigenvalue weighted by atomic mass is 9.93. The molecule has 1 aliphatic heterocycles. The molecule has 1 amide bonds. The summed E-state index contributed by atoms with van der Waals surface area (Å²) in [6.45, 7) is 16.7. The number of esters is 1. The molecule has 1 aliphatic rings. The SMILES string of the molecule is CCNC(=NCC(CC)(CC)NC(=O)OC(C)(C)C)N1CCC(C(=O)OCC)CC1.I. The molecule has 1 saturated heterocycles. The van der Waals surface area contributed by atoms with Crippen molar-refractivity contribution in [2.75, 3.05) is 32.8 Å². The van der Waals surface area contributed by atoms with E-state index in [-0.39, 0.29) is 35.9 Å². The third-order valence-electron chi connectivity index (χ3n) is 5.40. The van der Waals surface area contributed by atoms with Gasteiger partial charge < -0.3 is 25.0 Å². The molecule has 31 heavy (non-hydrogen) atoms. The highest BCUT2D eigenvalue weighted by Crippen LogP contribution is 2.21. The highest BCUT2D eigenvalue weighted by Gasteiger charge is 2.32. The molecule has 0 aromatic rings. The van der Waals surface area contributed by atoms with Crippen LogP contribution in [0.5, 0.6) is 0 Å². The molecular weight excluding hydrogens is 511 g/mol. The number of likely N-dealkylation sites (tertiary alicyclic amines) is 1. The largest absolute Gasteiger partial charge is 0.466 e. The Hall–Kier alpha value is -1.26. The number of guanidine groups is 1. The molecule has 1 heterocycles. The van der Waals surface area contributed by atoms with Crippen LogP contribution in [0.4, 0.5) is 4.79 Å². The van der Waals surface area contributed by atoms with Gasteiger partial charge in [-0.1, -0.05) is 13.8 Å². The van der Waals surface area contributed by atoms with Gasteiger partial charge in [-0.2, -0.15) is 0 Å². The van der Waals surface area contributed by atoms with E-state index in [9.17, 15) is 9.59 Å². The molecule has 0 aromatic carbocycles. The lowest BCUT2D eigenvalue weighted by molar-refractivity contribution is -0.149. The Balaban J connectivity index is 0.00000900. The van der Waals surface area contributed by atoms with Crippen LogP contribution < -0.4 is 10.6 Å². The van der Waals surface area contributed by atoms with Gasteiger partial charge in [-0.3, -0.25) is 9.79 Å². The number of nitrogens with zero attached hydrogens (tertiary/aromatic N) is 2. The van der Waals surface area contributed by atoms with Crippen molar-refractivity contribution < 1.29 is 19.1 Å². The van der Waals surface area contributed by atoms with E-state index in [1.165, 1.54) is 0 Å². The fraction of sp³-hybridized carbons (Fsp3) is 0.864. The summed E-state index contributed by atoms with van der Waals surface area (Å²) in [7, 11) is 0. The minimum atomic E-state index is -0.543. The van der Waals surface area contributed by atoms with Crippen LogP contribution in [0.15, 0.2) is 4.99 Å². The van der Waals surface area contributed by atoms with E-state index in [1.54, 1.807) is 0 Å². The van der Waals surface area contributed by atoms with Gasteiger partial charge >= 0.3 is 12.1 Å². The number of nitrogens with one attached hydrogen (secondary N) is 2. The lowest BCUT2D eigenvalue weighted by Gasteiger charge is -2.35. The maximum absolute atomic E-state index is 12.4. The molecule has 0 aromatic heterocycles. The Labute approximate surface area is 205 Å². The van der Waals surface area contributed by atoms with Gasteiger partial charge in [0.2, 0.25) is 0 Å². The van der Waals surface area contributed by atoms with Crippen molar-refractivity contribution >= 4 is 42.0 Å². The topological polar surface area (TPSA) is 92.3 Å². The highest BCUT2D eigenvalue weighted by molar-refractivity contribution is 14.0. The monoisotopic (exact) mass is 554 g/mol. The van der Waals surface area contributed by atoms with E-state index < -0.39 is 17.2 Å². The molecule has 0 unspecified atom stereocenters. The number of hydrogen-bond donors (Lipinski definition) is 2. The normalized spacial score (nSPS) is 15.7. The number of carbonyl (C=O) groups is 2. The maximum atomic E-state index is 12.4. The van der Waals surface area contributed by atoms with Crippen molar-refractivity contribution in [3.05, 3.63) is 0 Å². The van der Waals surface area contributed by atoms with E-state index in [1.807, 2.05) is 48.5 Å². The van der Waals surface area contributed by atoms with Crippen molar-refractivity contribution in [3.63, 3.8) is 0 Å². The van der Waals surface area contributed by atoms with E-state index in [0.29, 0.717) is 13.2 Å². The molecule has 0 bridgehead atoms. The van der Waals surface area contributed by atoms with Crippen LogP contribution in [0.2, 0.25) is 0 Å². The van der Waals surface area contributed by atoms with Gasteiger partial charge in [0.05, 0.1) is 24.6 Å². The standard InChI is InChI=1S/C22H42N4O4.HI/c1-8-22(9-2,25-20(28)30-21(5,6)7)16-24-19(23-10-3)26-14-12-17(13-15-26)18(27)29-11-4;/h17H,8-16H2,1-7H3,(H,23,24)(H,25,28);1H. The molecular formula is C22H43IN4O4. The van der Waals surface area contributed by atoms with Gasteiger partial charge in [0.1, 0.15) is 5.60 Å². The number of piperidine rings is 1. The Morgan fingerprint density at radius 3 is 2.10 bits per heavy atom. The Morgan fingerprint density at radius 2 is 1.65 bits per heavy atom. The van der Waals surface area contributed by atoms with E-state index in [2.05, 4.69) is 15.5 Å². The van der Waals surface area contributed by atoms with Gasteiger partial charge in [0.15, 0.2) is 5.96 Å². The number of hydrogen-bond acceptors (Lipinski definition) is 5. The first kappa shape index (κ1) is 29.7. The summed E-state index contributed by atoms with van der Waals surface area (Å²) >= 11 is 0. The molecule has 9 heteroatoms. The molecule has 0 spiro atoms. The first-order chi connectivity index (χ1) is 14.1. The average Bonchev–Trinajstić information content (AvgIpc) is 2.69. The summed E-state index contributed by atoms with van der Waals surface area (Å²) in [5, 5.41) is 6.40. The summed E-state index contributed by atoms with van der Waals surface area (Å²) in [6, 6.07) is 0. The zero-order valence-corrected chi connectivity index (χ0v) is 22.7. The zero-order chi connectivity index (χ0) is 22.8. The van der Waals surface area contributed by atoms with Gasteiger partial charge in [0, 0.05) is 19.6 Å². The summed E-state index contributed by atoms with van der Waals surface area (Å²) in [5.41, 5.74) is -1.01. The molecule has 2 N–H and O–H groups in total. The van der Waals surface area contributed by atoms with Gasteiger partial charge in [0.25, 0.3) is 0 Å². The zero-order valence-electron chi connectivity index (χ0n) is 20.4.